The number of esters is 1. The fourth-order valence-electron chi connectivity index (χ4n) is 2.80. The van der Waals surface area contributed by atoms with Crippen LogP contribution in [0.2, 0.25) is 5.02 Å². The Morgan fingerprint density at radius 3 is 2.48 bits per heavy atom. The molecule has 31 heavy (non-hydrogen) atoms. The molecular weight excluding hydrogens is 457 g/mol. The molecule has 0 aliphatic heterocycles. The van der Waals surface area contributed by atoms with Gasteiger partial charge in [-0.25, -0.2) is 17.9 Å². The lowest BCUT2D eigenvalue weighted by Gasteiger charge is -2.17. The number of hydrogen-bond donors (Lipinski definition) is 2. The molecule has 2 aromatic carbocycles. The van der Waals surface area contributed by atoms with Gasteiger partial charge < -0.3 is 10.1 Å². The van der Waals surface area contributed by atoms with E-state index in [4.69, 9.17) is 16.3 Å². The maximum absolute atomic E-state index is 13.6. The van der Waals surface area contributed by atoms with Gasteiger partial charge in [0.25, 0.3) is 0 Å². The fraction of sp³-hybridized carbons (Fsp3) is 0.350. The number of sulfonamides is 1. The molecular formula is C20H20ClF3N2O4S. The molecule has 1 aliphatic rings. The summed E-state index contributed by atoms with van der Waals surface area (Å²) in [5, 5.41) is 2.81. The van der Waals surface area contributed by atoms with Crippen LogP contribution >= 0.6 is 11.6 Å². The average Bonchev–Trinajstić information content (AvgIpc) is 3.52. The molecule has 1 aliphatic carbocycles. The maximum atomic E-state index is 13.6. The van der Waals surface area contributed by atoms with E-state index in [1.807, 2.05) is 0 Å². The van der Waals surface area contributed by atoms with Crippen LogP contribution in [0.1, 0.15) is 35.7 Å². The fourth-order valence-corrected chi connectivity index (χ4v) is 4.35. The predicted molar refractivity (Wildman–Crippen MR) is 110 cm³/mol. The van der Waals surface area contributed by atoms with Crippen molar-refractivity contribution in [3.8, 4) is 0 Å². The zero-order chi connectivity index (χ0) is 22.8. The lowest BCUT2D eigenvalue weighted by Crippen LogP contribution is -2.28. The molecule has 6 nitrogen and oxygen atoms in total. The number of halogens is 4. The van der Waals surface area contributed by atoms with E-state index in [9.17, 15) is 26.4 Å². The lowest BCUT2D eigenvalue weighted by atomic mass is 10.1. The second-order valence-electron chi connectivity index (χ2n) is 7.04. The number of alkyl halides is 3. The van der Waals surface area contributed by atoms with E-state index in [-0.39, 0.29) is 41.0 Å². The van der Waals surface area contributed by atoms with Crippen LogP contribution in [0.25, 0.3) is 0 Å². The summed E-state index contributed by atoms with van der Waals surface area (Å²) in [5.74, 6) is -0.409. The van der Waals surface area contributed by atoms with Crippen molar-refractivity contribution in [2.75, 3.05) is 18.5 Å². The molecule has 1 fully saturated rings. The standard InChI is InChI=1S/C20H20ClF3N2O4S/c1-2-30-19(27)13-5-7-17(16(21)9-13)26-14-6-8-18(15(10-14)20(22,23)24)31(28,29)25-11-12-3-4-12/h5-10,12,25-26H,2-4,11H2,1H3. The van der Waals surface area contributed by atoms with Crippen molar-refractivity contribution in [2.24, 2.45) is 5.92 Å². The van der Waals surface area contributed by atoms with Gasteiger partial charge in [0.2, 0.25) is 10.0 Å². The Hall–Kier alpha value is -2.30. The Morgan fingerprint density at radius 2 is 1.90 bits per heavy atom. The second kappa shape index (κ2) is 9.05. The normalized spacial score (nSPS) is 14.4. The van der Waals surface area contributed by atoms with Gasteiger partial charge in [-0.3, -0.25) is 0 Å². The summed E-state index contributed by atoms with van der Waals surface area (Å²) >= 11 is 6.14. The minimum absolute atomic E-state index is 0.0146. The third kappa shape index (κ3) is 5.90. The molecule has 0 spiro atoms. The summed E-state index contributed by atoms with van der Waals surface area (Å²) < 4.78 is 72.8. The summed E-state index contributed by atoms with van der Waals surface area (Å²) in [6, 6.07) is 6.99. The molecule has 0 radical (unpaired) electrons. The molecule has 2 N–H and O–H groups in total. The number of rotatable bonds is 8. The van der Waals surface area contributed by atoms with Crippen molar-refractivity contribution >= 4 is 39.0 Å². The Bertz CT molecular complexity index is 1090. The first-order chi connectivity index (χ1) is 14.5. The molecule has 11 heteroatoms. The van der Waals surface area contributed by atoms with Gasteiger partial charge in [0.05, 0.1) is 33.3 Å². The Kier molecular flexibility index (Phi) is 6.82. The van der Waals surface area contributed by atoms with Crippen molar-refractivity contribution in [3.05, 3.63) is 52.5 Å². The molecule has 0 unspecified atom stereocenters. The lowest BCUT2D eigenvalue weighted by molar-refractivity contribution is -0.139. The van der Waals surface area contributed by atoms with Gasteiger partial charge in [0.15, 0.2) is 0 Å². The molecule has 0 bridgehead atoms. The number of anilines is 2. The number of hydrogen-bond acceptors (Lipinski definition) is 5. The predicted octanol–water partition coefficient (Wildman–Crippen LogP) is 4.97. The summed E-state index contributed by atoms with van der Waals surface area (Å²) in [6.07, 6.45) is -3.18. The summed E-state index contributed by atoms with van der Waals surface area (Å²) in [4.78, 5) is 10.9. The number of carbonyl (C=O) groups excluding carboxylic acids is 1. The van der Waals surface area contributed by atoms with Gasteiger partial charge in [-0.2, -0.15) is 13.2 Å². The van der Waals surface area contributed by atoms with Crippen LogP contribution in [0, 0.1) is 5.92 Å². The van der Waals surface area contributed by atoms with E-state index >= 15 is 0 Å². The van der Waals surface area contributed by atoms with E-state index < -0.39 is 32.6 Å². The molecule has 0 heterocycles. The molecule has 0 atom stereocenters. The number of nitrogens with one attached hydrogen (secondary N) is 2. The highest BCUT2D eigenvalue weighted by Gasteiger charge is 2.38. The minimum Gasteiger partial charge on any atom is -0.462 e. The topological polar surface area (TPSA) is 84.5 Å². The molecule has 2 aromatic rings. The summed E-state index contributed by atoms with van der Waals surface area (Å²) in [6.45, 7) is 1.95. The zero-order valence-corrected chi connectivity index (χ0v) is 18.0. The van der Waals surface area contributed by atoms with Crippen molar-refractivity contribution in [3.63, 3.8) is 0 Å². The molecule has 168 valence electrons. The van der Waals surface area contributed by atoms with Crippen molar-refractivity contribution in [2.45, 2.75) is 30.8 Å². The van der Waals surface area contributed by atoms with E-state index in [1.54, 1.807) is 6.92 Å². The second-order valence-corrected chi connectivity index (χ2v) is 9.19. The highest BCUT2D eigenvalue weighted by Crippen LogP contribution is 2.37. The Labute approximate surface area is 182 Å². The van der Waals surface area contributed by atoms with Gasteiger partial charge in [-0.15, -0.1) is 0 Å². The quantitative estimate of drug-likeness (QED) is 0.526. The minimum atomic E-state index is -4.89. The van der Waals surface area contributed by atoms with Crippen LogP contribution in [0.5, 0.6) is 0 Å². The van der Waals surface area contributed by atoms with Crippen molar-refractivity contribution in [1.29, 1.82) is 0 Å². The first-order valence-electron chi connectivity index (χ1n) is 9.46. The summed E-state index contributed by atoms with van der Waals surface area (Å²) in [7, 11) is -4.32. The van der Waals surface area contributed by atoms with E-state index in [2.05, 4.69) is 10.0 Å². The van der Waals surface area contributed by atoms with E-state index in [0.29, 0.717) is 6.07 Å². The van der Waals surface area contributed by atoms with E-state index in [0.717, 1.165) is 18.9 Å². The number of benzene rings is 2. The van der Waals surface area contributed by atoms with Gasteiger partial charge in [0, 0.05) is 12.2 Å². The Morgan fingerprint density at radius 1 is 1.19 bits per heavy atom. The van der Waals surface area contributed by atoms with Crippen LogP contribution in [0.15, 0.2) is 41.3 Å². The SMILES string of the molecule is CCOC(=O)c1ccc(Nc2ccc(S(=O)(=O)NCC3CC3)c(C(F)(F)F)c2)c(Cl)c1. The largest absolute Gasteiger partial charge is 0.462 e. The van der Waals surface area contributed by atoms with Gasteiger partial charge in [-0.1, -0.05) is 11.6 Å². The number of ether oxygens (including phenoxy) is 1. The van der Waals surface area contributed by atoms with Crippen LogP contribution in [-0.4, -0.2) is 27.5 Å². The highest BCUT2D eigenvalue weighted by molar-refractivity contribution is 7.89. The van der Waals surface area contributed by atoms with Crippen molar-refractivity contribution < 1.29 is 31.1 Å². The van der Waals surface area contributed by atoms with Crippen LogP contribution < -0.4 is 10.0 Å². The Balaban J connectivity index is 1.88. The smallest absolute Gasteiger partial charge is 0.417 e. The average molecular weight is 477 g/mol. The molecule has 3 rings (SSSR count). The number of carbonyl (C=O) groups is 1. The van der Waals surface area contributed by atoms with E-state index in [1.165, 1.54) is 24.3 Å². The summed E-state index contributed by atoms with van der Waals surface area (Å²) in [5.41, 5.74) is -0.874. The van der Waals surface area contributed by atoms with Gasteiger partial charge in [0.1, 0.15) is 0 Å². The van der Waals surface area contributed by atoms with Crippen LogP contribution in [0.3, 0.4) is 0 Å². The third-order valence-electron chi connectivity index (χ3n) is 4.59. The maximum Gasteiger partial charge on any atom is 0.417 e. The first kappa shape index (κ1) is 23.4. The molecule has 1 saturated carbocycles. The molecule has 0 amide bonds. The molecule has 0 saturated heterocycles. The van der Waals surface area contributed by atoms with Gasteiger partial charge in [-0.05, 0) is 62.1 Å². The van der Waals surface area contributed by atoms with Crippen LogP contribution in [0.4, 0.5) is 24.5 Å². The zero-order valence-electron chi connectivity index (χ0n) is 16.4. The third-order valence-corrected chi connectivity index (χ3v) is 6.39. The van der Waals surface area contributed by atoms with Crippen LogP contribution in [-0.2, 0) is 20.9 Å². The first-order valence-corrected chi connectivity index (χ1v) is 11.3. The molecule has 0 aromatic heterocycles. The highest BCUT2D eigenvalue weighted by atomic mass is 35.5. The van der Waals surface area contributed by atoms with Gasteiger partial charge >= 0.3 is 12.1 Å². The van der Waals surface area contributed by atoms with Crippen molar-refractivity contribution in [1.82, 2.24) is 4.72 Å². The monoisotopic (exact) mass is 476 g/mol.